The van der Waals surface area contributed by atoms with Gasteiger partial charge in [-0.15, -0.1) is 0 Å². The van der Waals surface area contributed by atoms with Crippen molar-refractivity contribution >= 4 is 22.0 Å². The predicted octanol–water partition coefficient (Wildman–Crippen LogP) is 4.26. The lowest BCUT2D eigenvalue weighted by atomic mass is 10.1. The quantitative estimate of drug-likeness (QED) is 0.803. The SMILES string of the molecule is CCOc1cc(C=C(C)CNC(C)C)cc(Br)c1OC. The molecule has 0 heterocycles. The molecular weight excluding hydrogens is 318 g/mol. The van der Waals surface area contributed by atoms with E-state index in [0.717, 1.165) is 28.1 Å². The lowest BCUT2D eigenvalue weighted by molar-refractivity contribution is 0.310. The Hall–Kier alpha value is -1.00. The highest BCUT2D eigenvalue weighted by molar-refractivity contribution is 9.10. The first-order valence-corrected chi connectivity index (χ1v) is 7.68. The normalized spacial score (nSPS) is 11.8. The Balaban J connectivity index is 2.98. The first-order valence-electron chi connectivity index (χ1n) is 6.88. The highest BCUT2D eigenvalue weighted by Gasteiger charge is 2.10. The van der Waals surface area contributed by atoms with Crippen molar-refractivity contribution in [3.8, 4) is 11.5 Å². The lowest BCUT2D eigenvalue weighted by Crippen LogP contribution is -2.24. The molecule has 0 aliphatic heterocycles. The zero-order valence-corrected chi connectivity index (χ0v) is 14.5. The van der Waals surface area contributed by atoms with E-state index in [1.165, 1.54) is 5.57 Å². The molecule has 0 spiro atoms. The molecule has 1 aromatic carbocycles. The van der Waals surface area contributed by atoms with E-state index in [1.807, 2.05) is 19.1 Å². The standard InChI is InChI=1S/C16H24BrNO2/c1-6-20-15-9-13(8-14(17)16(15)19-5)7-12(4)10-18-11(2)3/h7-9,11,18H,6,10H2,1-5H3. The van der Waals surface area contributed by atoms with Crippen molar-refractivity contribution in [3.63, 3.8) is 0 Å². The molecule has 0 saturated carbocycles. The number of halogens is 1. The Morgan fingerprint density at radius 2 is 2.10 bits per heavy atom. The van der Waals surface area contributed by atoms with Gasteiger partial charge in [-0.05, 0) is 47.5 Å². The Labute approximate surface area is 130 Å². The van der Waals surface area contributed by atoms with E-state index in [9.17, 15) is 0 Å². The van der Waals surface area contributed by atoms with Crippen molar-refractivity contribution < 1.29 is 9.47 Å². The molecule has 4 heteroatoms. The fourth-order valence-electron chi connectivity index (χ4n) is 1.83. The summed E-state index contributed by atoms with van der Waals surface area (Å²) in [5.41, 5.74) is 2.38. The minimum absolute atomic E-state index is 0.486. The molecule has 1 aromatic rings. The molecule has 0 fully saturated rings. The van der Waals surface area contributed by atoms with Crippen LogP contribution in [0.2, 0.25) is 0 Å². The summed E-state index contributed by atoms with van der Waals surface area (Å²) in [5.74, 6) is 1.50. The van der Waals surface area contributed by atoms with Crippen LogP contribution in [0, 0.1) is 0 Å². The monoisotopic (exact) mass is 341 g/mol. The van der Waals surface area contributed by atoms with Crippen LogP contribution in [-0.4, -0.2) is 26.3 Å². The number of benzene rings is 1. The summed E-state index contributed by atoms with van der Waals surface area (Å²) >= 11 is 3.53. The molecule has 0 atom stereocenters. The minimum Gasteiger partial charge on any atom is -0.492 e. The summed E-state index contributed by atoms with van der Waals surface area (Å²) in [6.07, 6.45) is 2.15. The second kappa shape index (κ2) is 8.32. The Morgan fingerprint density at radius 1 is 1.40 bits per heavy atom. The lowest BCUT2D eigenvalue weighted by Gasteiger charge is -2.13. The van der Waals surface area contributed by atoms with Crippen LogP contribution in [0.25, 0.3) is 6.08 Å². The van der Waals surface area contributed by atoms with Crippen LogP contribution in [-0.2, 0) is 0 Å². The van der Waals surface area contributed by atoms with Gasteiger partial charge in [-0.2, -0.15) is 0 Å². The summed E-state index contributed by atoms with van der Waals surface area (Å²) in [4.78, 5) is 0. The highest BCUT2D eigenvalue weighted by Crippen LogP contribution is 2.37. The molecule has 1 N–H and O–H groups in total. The minimum atomic E-state index is 0.486. The van der Waals surface area contributed by atoms with Gasteiger partial charge in [0.1, 0.15) is 0 Å². The van der Waals surface area contributed by atoms with E-state index < -0.39 is 0 Å². The second-order valence-electron chi connectivity index (χ2n) is 4.99. The van der Waals surface area contributed by atoms with Crippen LogP contribution in [0.4, 0.5) is 0 Å². The molecular formula is C16H24BrNO2. The third-order valence-electron chi connectivity index (χ3n) is 2.74. The van der Waals surface area contributed by atoms with Crippen LogP contribution >= 0.6 is 15.9 Å². The topological polar surface area (TPSA) is 30.5 Å². The van der Waals surface area contributed by atoms with Crippen molar-refractivity contribution in [2.24, 2.45) is 0 Å². The van der Waals surface area contributed by atoms with Crippen molar-refractivity contribution in [1.29, 1.82) is 0 Å². The number of hydrogen-bond donors (Lipinski definition) is 1. The molecule has 20 heavy (non-hydrogen) atoms. The van der Waals surface area contributed by atoms with E-state index >= 15 is 0 Å². The van der Waals surface area contributed by atoms with E-state index in [4.69, 9.17) is 9.47 Å². The molecule has 0 aliphatic carbocycles. The predicted molar refractivity (Wildman–Crippen MR) is 88.7 cm³/mol. The van der Waals surface area contributed by atoms with E-state index in [1.54, 1.807) is 7.11 Å². The summed E-state index contributed by atoms with van der Waals surface area (Å²) < 4.78 is 11.9. The van der Waals surface area contributed by atoms with Gasteiger partial charge in [-0.3, -0.25) is 0 Å². The summed E-state index contributed by atoms with van der Waals surface area (Å²) in [6.45, 7) is 9.87. The number of hydrogen-bond acceptors (Lipinski definition) is 3. The Kier molecular flexibility index (Phi) is 7.10. The second-order valence-corrected chi connectivity index (χ2v) is 5.85. The largest absolute Gasteiger partial charge is 0.492 e. The van der Waals surface area contributed by atoms with Gasteiger partial charge in [0.05, 0.1) is 18.2 Å². The van der Waals surface area contributed by atoms with E-state index in [0.29, 0.717) is 12.6 Å². The van der Waals surface area contributed by atoms with Crippen molar-refractivity contribution in [3.05, 3.63) is 27.7 Å². The Morgan fingerprint density at radius 3 is 2.65 bits per heavy atom. The van der Waals surface area contributed by atoms with Crippen molar-refractivity contribution in [2.45, 2.75) is 33.7 Å². The fourth-order valence-corrected chi connectivity index (χ4v) is 2.45. The number of nitrogens with one attached hydrogen (secondary N) is 1. The molecule has 0 unspecified atom stereocenters. The van der Waals surface area contributed by atoms with Gasteiger partial charge in [0, 0.05) is 12.6 Å². The Bertz CT molecular complexity index is 470. The summed E-state index contributed by atoms with van der Waals surface area (Å²) in [5, 5.41) is 3.41. The summed E-state index contributed by atoms with van der Waals surface area (Å²) in [7, 11) is 1.65. The molecule has 0 aromatic heterocycles. The van der Waals surface area contributed by atoms with Crippen molar-refractivity contribution in [2.75, 3.05) is 20.3 Å². The van der Waals surface area contributed by atoms with Crippen LogP contribution in [0.3, 0.4) is 0 Å². The average Bonchev–Trinajstić information content (AvgIpc) is 2.36. The van der Waals surface area contributed by atoms with Gasteiger partial charge in [-0.1, -0.05) is 25.5 Å². The zero-order chi connectivity index (χ0) is 15.1. The van der Waals surface area contributed by atoms with Gasteiger partial charge in [0.2, 0.25) is 0 Å². The maximum atomic E-state index is 5.63. The fraction of sp³-hybridized carbons (Fsp3) is 0.500. The maximum Gasteiger partial charge on any atom is 0.174 e. The van der Waals surface area contributed by atoms with Crippen LogP contribution < -0.4 is 14.8 Å². The maximum absolute atomic E-state index is 5.63. The van der Waals surface area contributed by atoms with E-state index in [-0.39, 0.29) is 0 Å². The molecule has 0 radical (unpaired) electrons. The number of ether oxygens (including phenoxy) is 2. The smallest absolute Gasteiger partial charge is 0.174 e. The molecule has 0 aliphatic rings. The summed E-state index contributed by atoms with van der Waals surface area (Å²) in [6, 6.07) is 4.53. The van der Waals surface area contributed by atoms with Gasteiger partial charge in [0.15, 0.2) is 11.5 Å². The first-order chi connectivity index (χ1) is 9.47. The zero-order valence-electron chi connectivity index (χ0n) is 12.9. The molecule has 0 amide bonds. The molecule has 112 valence electrons. The van der Waals surface area contributed by atoms with Gasteiger partial charge in [-0.25, -0.2) is 0 Å². The molecule has 3 nitrogen and oxygen atoms in total. The van der Waals surface area contributed by atoms with Gasteiger partial charge >= 0.3 is 0 Å². The van der Waals surface area contributed by atoms with E-state index in [2.05, 4.69) is 48.1 Å². The average molecular weight is 342 g/mol. The van der Waals surface area contributed by atoms with Gasteiger partial charge in [0.25, 0.3) is 0 Å². The van der Waals surface area contributed by atoms with Gasteiger partial charge < -0.3 is 14.8 Å². The third kappa shape index (κ3) is 5.17. The highest BCUT2D eigenvalue weighted by atomic mass is 79.9. The number of methoxy groups -OCH3 is 1. The molecule has 0 saturated heterocycles. The molecule has 1 rings (SSSR count). The van der Waals surface area contributed by atoms with Crippen molar-refractivity contribution in [1.82, 2.24) is 5.32 Å². The molecule has 0 bridgehead atoms. The number of rotatable bonds is 7. The van der Waals surface area contributed by atoms with Crippen LogP contribution in [0.5, 0.6) is 11.5 Å². The third-order valence-corrected chi connectivity index (χ3v) is 3.33. The first kappa shape index (κ1) is 17.1. The van der Waals surface area contributed by atoms with Crippen LogP contribution in [0.1, 0.15) is 33.3 Å². The van der Waals surface area contributed by atoms with Crippen LogP contribution in [0.15, 0.2) is 22.2 Å².